The van der Waals surface area contributed by atoms with Crippen LogP contribution >= 0.6 is 0 Å². The summed E-state index contributed by atoms with van der Waals surface area (Å²) < 4.78 is 44.9. The number of benzene rings is 2. The third kappa shape index (κ3) is 3.86. The molecule has 174 valence electrons. The van der Waals surface area contributed by atoms with Gasteiger partial charge in [0, 0.05) is 30.9 Å². The van der Waals surface area contributed by atoms with Gasteiger partial charge in [0.25, 0.3) is 0 Å². The SMILES string of the molecule is CCc1c(N2CC[C@@H](O)[C@H](C)C2)c(F)cc2c(=O)c(C(=O)O)cn(-c3ccc(F)cc3F)c12. The van der Waals surface area contributed by atoms with Gasteiger partial charge in [0.2, 0.25) is 5.43 Å². The van der Waals surface area contributed by atoms with Gasteiger partial charge in [0.1, 0.15) is 23.0 Å². The van der Waals surface area contributed by atoms with E-state index in [2.05, 4.69) is 0 Å². The lowest BCUT2D eigenvalue weighted by Gasteiger charge is -2.37. The van der Waals surface area contributed by atoms with Gasteiger partial charge in [-0.2, -0.15) is 0 Å². The van der Waals surface area contributed by atoms with Crippen LogP contribution in [0.4, 0.5) is 18.9 Å². The van der Waals surface area contributed by atoms with Gasteiger partial charge in [-0.15, -0.1) is 0 Å². The number of carboxylic acid groups (broad SMARTS) is 1. The zero-order valence-corrected chi connectivity index (χ0v) is 18.1. The Morgan fingerprint density at radius 3 is 2.52 bits per heavy atom. The Labute approximate surface area is 187 Å². The number of hydrogen-bond acceptors (Lipinski definition) is 4. The van der Waals surface area contributed by atoms with Gasteiger partial charge in [0.05, 0.1) is 28.4 Å². The number of aliphatic hydroxyl groups is 1. The number of pyridine rings is 1. The van der Waals surface area contributed by atoms with E-state index in [1.54, 1.807) is 11.8 Å². The van der Waals surface area contributed by atoms with Crippen LogP contribution in [0, 0.1) is 23.4 Å². The average molecular weight is 460 g/mol. The summed E-state index contributed by atoms with van der Waals surface area (Å²) in [6.07, 6.45) is 1.16. The largest absolute Gasteiger partial charge is 0.477 e. The summed E-state index contributed by atoms with van der Waals surface area (Å²) >= 11 is 0. The molecule has 0 amide bonds. The molecule has 4 rings (SSSR count). The molecule has 2 N–H and O–H groups in total. The summed E-state index contributed by atoms with van der Waals surface area (Å²) in [7, 11) is 0. The molecule has 0 aliphatic carbocycles. The first kappa shape index (κ1) is 22.8. The zero-order chi connectivity index (χ0) is 24.0. The van der Waals surface area contributed by atoms with E-state index in [9.17, 15) is 28.6 Å². The molecule has 2 aromatic carbocycles. The molecule has 1 saturated heterocycles. The molecule has 6 nitrogen and oxygen atoms in total. The summed E-state index contributed by atoms with van der Waals surface area (Å²) in [6.45, 7) is 4.35. The van der Waals surface area contributed by atoms with Crippen molar-refractivity contribution in [2.75, 3.05) is 18.0 Å². The number of halogens is 3. The number of piperidine rings is 1. The van der Waals surface area contributed by atoms with Crippen molar-refractivity contribution >= 4 is 22.6 Å². The van der Waals surface area contributed by atoms with Crippen molar-refractivity contribution in [2.45, 2.75) is 32.8 Å². The fourth-order valence-electron chi connectivity index (χ4n) is 4.56. The Bertz CT molecular complexity index is 1320. The number of rotatable bonds is 4. The minimum atomic E-state index is -1.54. The van der Waals surface area contributed by atoms with Crippen LogP contribution in [0.25, 0.3) is 16.6 Å². The number of aliphatic hydroxyl groups excluding tert-OH is 1. The molecule has 2 heterocycles. The Balaban J connectivity index is 2.10. The molecule has 9 heteroatoms. The molecule has 1 aliphatic rings. The molecule has 3 aromatic rings. The maximum atomic E-state index is 15.4. The monoisotopic (exact) mass is 460 g/mol. The van der Waals surface area contributed by atoms with Crippen molar-refractivity contribution in [3.05, 3.63) is 69.3 Å². The molecule has 2 atom stereocenters. The topological polar surface area (TPSA) is 82.8 Å². The second-order valence-electron chi connectivity index (χ2n) is 8.36. The van der Waals surface area contributed by atoms with Gasteiger partial charge in [-0.3, -0.25) is 4.79 Å². The van der Waals surface area contributed by atoms with Gasteiger partial charge in [-0.1, -0.05) is 13.8 Å². The van der Waals surface area contributed by atoms with Crippen LogP contribution < -0.4 is 10.3 Å². The van der Waals surface area contributed by atoms with E-state index in [1.807, 2.05) is 6.92 Å². The van der Waals surface area contributed by atoms with Crippen molar-refractivity contribution in [1.82, 2.24) is 4.57 Å². The fraction of sp³-hybridized carbons (Fsp3) is 0.333. The summed E-state index contributed by atoms with van der Waals surface area (Å²) in [5, 5.41) is 19.4. The van der Waals surface area contributed by atoms with E-state index in [-0.39, 0.29) is 34.6 Å². The molecule has 0 radical (unpaired) electrons. The second kappa shape index (κ2) is 8.55. The van der Waals surface area contributed by atoms with Crippen LogP contribution in [-0.4, -0.2) is 39.9 Å². The van der Waals surface area contributed by atoms with Crippen LogP contribution in [0.3, 0.4) is 0 Å². The highest BCUT2D eigenvalue weighted by atomic mass is 19.1. The number of anilines is 1. The molecular weight excluding hydrogens is 437 g/mol. The molecule has 1 aliphatic heterocycles. The lowest BCUT2D eigenvalue weighted by molar-refractivity contribution is 0.0695. The second-order valence-corrected chi connectivity index (χ2v) is 8.36. The van der Waals surface area contributed by atoms with Gasteiger partial charge < -0.3 is 19.7 Å². The first-order chi connectivity index (χ1) is 15.6. The van der Waals surface area contributed by atoms with E-state index >= 15 is 4.39 Å². The molecule has 0 unspecified atom stereocenters. The van der Waals surface area contributed by atoms with Crippen LogP contribution in [0.1, 0.15) is 36.2 Å². The van der Waals surface area contributed by atoms with Crippen LogP contribution in [0.2, 0.25) is 0 Å². The van der Waals surface area contributed by atoms with Gasteiger partial charge >= 0.3 is 5.97 Å². The first-order valence-electron chi connectivity index (χ1n) is 10.7. The summed E-state index contributed by atoms with van der Waals surface area (Å²) in [6, 6.07) is 3.80. The highest BCUT2D eigenvalue weighted by molar-refractivity contribution is 5.96. The van der Waals surface area contributed by atoms with Gasteiger partial charge in [-0.25, -0.2) is 18.0 Å². The first-order valence-corrected chi connectivity index (χ1v) is 10.7. The predicted octanol–water partition coefficient (Wildman–Crippen LogP) is 3.88. The number of hydrogen-bond donors (Lipinski definition) is 2. The number of carbonyl (C=O) groups is 1. The predicted molar refractivity (Wildman–Crippen MR) is 118 cm³/mol. The Hall–Kier alpha value is -3.33. The molecule has 0 saturated carbocycles. The number of aromatic carboxylic acids is 1. The fourth-order valence-corrected chi connectivity index (χ4v) is 4.56. The van der Waals surface area contributed by atoms with Gasteiger partial charge in [-0.05, 0) is 37.0 Å². The normalized spacial score (nSPS) is 18.7. The summed E-state index contributed by atoms with van der Waals surface area (Å²) in [5.74, 6) is -4.14. The van der Waals surface area contributed by atoms with Crippen molar-refractivity contribution in [3.63, 3.8) is 0 Å². The van der Waals surface area contributed by atoms with E-state index < -0.39 is 40.5 Å². The number of aryl methyl sites for hydroxylation is 1. The lowest BCUT2D eigenvalue weighted by atomic mass is 9.94. The van der Waals surface area contributed by atoms with E-state index in [4.69, 9.17) is 0 Å². The van der Waals surface area contributed by atoms with Gasteiger partial charge in [0.15, 0.2) is 0 Å². The van der Waals surface area contributed by atoms with E-state index in [1.165, 1.54) is 4.57 Å². The lowest BCUT2D eigenvalue weighted by Crippen LogP contribution is -2.42. The quantitative estimate of drug-likeness (QED) is 0.618. The smallest absolute Gasteiger partial charge is 0.341 e. The van der Waals surface area contributed by atoms with E-state index in [0.717, 1.165) is 24.4 Å². The van der Waals surface area contributed by atoms with E-state index in [0.29, 0.717) is 31.1 Å². The molecule has 1 aromatic heterocycles. The van der Waals surface area contributed by atoms with Crippen molar-refractivity contribution < 1.29 is 28.2 Å². The number of fused-ring (bicyclic) bond motifs is 1. The number of nitrogens with zero attached hydrogens (tertiary/aromatic N) is 2. The Morgan fingerprint density at radius 2 is 1.91 bits per heavy atom. The number of aromatic nitrogens is 1. The maximum Gasteiger partial charge on any atom is 0.341 e. The molecule has 33 heavy (non-hydrogen) atoms. The standard InChI is InChI=1S/C24H23F3N2O4/c1-3-14-21-15(9-18(27)22(14)28-7-6-20(30)12(2)10-28)23(31)16(24(32)33)11-29(21)19-5-4-13(25)8-17(19)26/h4-5,8-9,11-12,20,30H,3,6-7,10H2,1-2H3,(H,32,33)/t12-,20-/m1/s1. The highest BCUT2D eigenvalue weighted by Crippen LogP contribution is 2.36. The zero-order valence-electron chi connectivity index (χ0n) is 18.1. The minimum Gasteiger partial charge on any atom is -0.477 e. The van der Waals surface area contributed by atoms with Crippen LogP contribution in [-0.2, 0) is 6.42 Å². The van der Waals surface area contributed by atoms with Crippen molar-refractivity contribution in [1.29, 1.82) is 0 Å². The molecule has 0 spiro atoms. The minimum absolute atomic E-state index is 0.121. The van der Waals surface area contributed by atoms with Crippen LogP contribution in [0.15, 0.2) is 35.3 Å². The van der Waals surface area contributed by atoms with Crippen LogP contribution in [0.5, 0.6) is 0 Å². The Morgan fingerprint density at radius 1 is 1.18 bits per heavy atom. The summed E-state index contributed by atoms with van der Waals surface area (Å²) in [5.41, 5.74) is -0.936. The maximum absolute atomic E-state index is 15.4. The third-order valence-electron chi connectivity index (χ3n) is 6.24. The molecule has 0 bridgehead atoms. The third-order valence-corrected chi connectivity index (χ3v) is 6.24. The molecule has 1 fully saturated rings. The number of carboxylic acids is 1. The summed E-state index contributed by atoms with van der Waals surface area (Å²) in [4.78, 5) is 26.4. The van der Waals surface area contributed by atoms with Crippen molar-refractivity contribution in [3.8, 4) is 5.69 Å². The molecular formula is C24H23F3N2O4. The Kier molecular flexibility index (Phi) is 5.92. The average Bonchev–Trinajstić information content (AvgIpc) is 2.75. The van der Waals surface area contributed by atoms with Crippen molar-refractivity contribution in [2.24, 2.45) is 5.92 Å². The highest BCUT2D eigenvalue weighted by Gasteiger charge is 2.30.